The van der Waals surface area contributed by atoms with Crippen molar-refractivity contribution in [3.8, 4) is 17.2 Å². The first-order valence-corrected chi connectivity index (χ1v) is 12.8. The second-order valence-corrected chi connectivity index (χ2v) is 9.88. The van der Waals surface area contributed by atoms with Gasteiger partial charge in [0.2, 0.25) is 5.72 Å². The SMILES string of the molecule is COc1ccc(CN(Cc2ccc(OC)cc2)c2ccc(F)c(C3(C)NC(=O)c4cc(Cl)ccc4O3)c2)cc1. The molecule has 1 unspecified atom stereocenters. The molecule has 0 saturated carbocycles. The fourth-order valence-electron chi connectivity index (χ4n) is 4.64. The fourth-order valence-corrected chi connectivity index (χ4v) is 4.81. The average molecular weight is 547 g/mol. The standard InChI is InChI=1S/C31H28ClFN2O4/c1-31(34-30(36)26-16-22(32)8-15-29(26)39-31)27-17-23(9-14-28(27)33)35(18-20-4-10-24(37-2)11-5-20)19-21-6-12-25(38-3)13-7-21/h4-17H,18-19H2,1-3H3,(H,34,36). The monoisotopic (exact) mass is 546 g/mol. The molecule has 1 heterocycles. The summed E-state index contributed by atoms with van der Waals surface area (Å²) in [6.07, 6.45) is 0. The quantitative estimate of drug-likeness (QED) is 0.266. The molecule has 1 atom stereocenters. The van der Waals surface area contributed by atoms with Gasteiger partial charge in [0.15, 0.2) is 0 Å². The summed E-state index contributed by atoms with van der Waals surface area (Å²) in [6.45, 7) is 2.74. The van der Waals surface area contributed by atoms with E-state index in [2.05, 4.69) is 10.2 Å². The highest BCUT2D eigenvalue weighted by atomic mass is 35.5. The van der Waals surface area contributed by atoms with Crippen molar-refractivity contribution in [3.63, 3.8) is 0 Å². The average Bonchev–Trinajstić information content (AvgIpc) is 2.94. The van der Waals surface area contributed by atoms with Crippen LogP contribution in [0, 0.1) is 5.82 Å². The number of halogens is 2. The molecule has 1 aliphatic rings. The van der Waals surface area contributed by atoms with E-state index >= 15 is 4.39 Å². The molecule has 5 rings (SSSR count). The zero-order chi connectivity index (χ0) is 27.6. The first-order chi connectivity index (χ1) is 18.8. The van der Waals surface area contributed by atoms with Crippen molar-refractivity contribution in [1.29, 1.82) is 0 Å². The maximum absolute atomic E-state index is 15.4. The van der Waals surface area contributed by atoms with Gasteiger partial charge in [-0.1, -0.05) is 35.9 Å². The summed E-state index contributed by atoms with van der Waals surface area (Å²) < 4.78 is 32.1. The molecule has 0 saturated heterocycles. The van der Waals surface area contributed by atoms with Gasteiger partial charge in [-0.2, -0.15) is 0 Å². The number of carbonyl (C=O) groups excluding carboxylic acids is 1. The molecular weight excluding hydrogens is 519 g/mol. The molecule has 0 aliphatic carbocycles. The number of benzene rings is 4. The van der Waals surface area contributed by atoms with E-state index in [1.807, 2.05) is 48.5 Å². The van der Waals surface area contributed by atoms with E-state index in [1.54, 1.807) is 45.4 Å². The third-order valence-corrected chi connectivity index (χ3v) is 6.98. The predicted molar refractivity (Wildman–Crippen MR) is 149 cm³/mol. The molecule has 4 aromatic carbocycles. The van der Waals surface area contributed by atoms with Gasteiger partial charge in [-0.3, -0.25) is 4.79 Å². The van der Waals surface area contributed by atoms with Crippen LogP contribution in [0.1, 0.15) is 34.0 Å². The van der Waals surface area contributed by atoms with Crippen LogP contribution in [0.15, 0.2) is 84.9 Å². The van der Waals surface area contributed by atoms with Crippen LogP contribution in [0.3, 0.4) is 0 Å². The molecule has 0 radical (unpaired) electrons. The Morgan fingerprint density at radius 1 is 0.872 bits per heavy atom. The van der Waals surface area contributed by atoms with Crippen molar-refractivity contribution in [2.75, 3.05) is 19.1 Å². The predicted octanol–water partition coefficient (Wildman–Crippen LogP) is 6.70. The Bertz CT molecular complexity index is 1440. The Hall–Kier alpha value is -4.23. The number of hydrogen-bond donors (Lipinski definition) is 1. The normalized spacial score (nSPS) is 16.1. The van der Waals surface area contributed by atoms with Crippen LogP contribution in [-0.2, 0) is 18.8 Å². The first-order valence-electron chi connectivity index (χ1n) is 12.4. The Kier molecular flexibility index (Phi) is 7.35. The highest BCUT2D eigenvalue weighted by Crippen LogP contribution is 2.37. The van der Waals surface area contributed by atoms with Crippen molar-refractivity contribution >= 4 is 23.2 Å². The van der Waals surface area contributed by atoms with E-state index in [4.69, 9.17) is 25.8 Å². The summed E-state index contributed by atoms with van der Waals surface area (Å²) >= 11 is 6.06. The Labute approximate surface area is 231 Å². The molecule has 0 fully saturated rings. The van der Waals surface area contributed by atoms with Crippen molar-refractivity contribution < 1.29 is 23.4 Å². The third kappa shape index (κ3) is 5.64. The van der Waals surface area contributed by atoms with E-state index in [-0.39, 0.29) is 11.5 Å². The van der Waals surface area contributed by atoms with Gasteiger partial charge >= 0.3 is 0 Å². The van der Waals surface area contributed by atoms with Crippen LogP contribution < -0.4 is 24.4 Å². The number of hydrogen-bond acceptors (Lipinski definition) is 5. The second kappa shape index (κ2) is 10.9. The van der Waals surface area contributed by atoms with Crippen LogP contribution in [-0.4, -0.2) is 20.1 Å². The zero-order valence-electron chi connectivity index (χ0n) is 21.8. The largest absolute Gasteiger partial charge is 0.497 e. The smallest absolute Gasteiger partial charge is 0.258 e. The summed E-state index contributed by atoms with van der Waals surface area (Å²) in [5, 5.41) is 3.23. The van der Waals surface area contributed by atoms with E-state index in [9.17, 15) is 4.79 Å². The van der Waals surface area contributed by atoms with Gasteiger partial charge < -0.3 is 24.4 Å². The molecule has 1 amide bonds. The number of nitrogens with one attached hydrogen (secondary N) is 1. The lowest BCUT2D eigenvalue weighted by molar-refractivity contribution is 0.0266. The summed E-state index contributed by atoms with van der Waals surface area (Å²) in [6, 6.07) is 25.3. The summed E-state index contributed by atoms with van der Waals surface area (Å²) in [4.78, 5) is 15.1. The lowest BCUT2D eigenvalue weighted by atomic mass is 9.99. The number of fused-ring (bicyclic) bond motifs is 1. The van der Waals surface area contributed by atoms with Crippen molar-refractivity contribution in [2.24, 2.45) is 0 Å². The number of carbonyl (C=O) groups is 1. The number of amides is 1. The molecule has 1 aliphatic heterocycles. The minimum Gasteiger partial charge on any atom is -0.497 e. The number of anilines is 1. The molecule has 6 nitrogen and oxygen atoms in total. The molecule has 39 heavy (non-hydrogen) atoms. The van der Waals surface area contributed by atoms with Crippen LogP contribution in [0.4, 0.5) is 10.1 Å². The lowest BCUT2D eigenvalue weighted by Crippen LogP contribution is -2.51. The highest BCUT2D eigenvalue weighted by Gasteiger charge is 2.39. The van der Waals surface area contributed by atoms with Gasteiger partial charge in [-0.05, 0) is 78.7 Å². The third-order valence-electron chi connectivity index (χ3n) is 6.75. The number of nitrogens with zero attached hydrogens (tertiary/aromatic N) is 1. The molecule has 200 valence electrons. The Morgan fingerprint density at radius 3 is 2.03 bits per heavy atom. The second-order valence-electron chi connectivity index (χ2n) is 9.45. The van der Waals surface area contributed by atoms with Crippen LogP contribution in [0.25, 0.3) is 0 Å². The molecule has 0 aromatic heterocycles. The fraction of sp³-hybridized carbons (Fsp3) is 0.194. The summed E-state index contributed by atoms with van der Waals surface area (Å²) in [5.41, 5.74) is 1.95. The first kappa shape index (κ1) is 26.4. The van der Waals surface area contributed by atoms with Crippen molar-refractivity contribution in [3.05, 3.63) is 118 Å². The molecule has 0 bridgehead atoms. The van der Waals surface area contributed by atoms with Crippen molar-refractivity contribution in [1.82, 2.24) is 5.32 Å². The van der Waals surface area contributed by atoms with Gasteiger partial charge in [-0.15, -0.1) is 0 Å². The number of methoxy groups -OCH3 is 2. The maximum Gasteiger partial charge on any atom is 0.258 e. The Balaban J connectivity index is 1.51. The zero-order valence-corrected chi connectivity index (χ0v) is 22.6. The molecule has 1 N–H and O–H groups in total. The summed E-state index contributed by atoms with van der Waals surface area (Å²) in [5.74, 6) is 0.990. The van der Waals surface area contributed by atoms with Crippen LogP contribution >= 0.6 is 11.6 Å². The number of rotatable bonds is 8. The van der Waals surface area contributed by atoms with E-state index in [0.29, 0.717) is 29.4 Å². The minimum atomic E-state index is -1.43. The van der Waals surface area contributed by atoms with Gasteiger partial charge in [-0.25, -0.2) is 4.39 Å². The van der Waals surface area contributed by atoms with Gasteiger partial charge in [0.1, 0.15) is 23.1 Å². The Morgan fingerprint density at radius 2 is 1.46 bits per heavy atom. The summed E-state index contributed by atoms with van der Waals surface area (Å²) in [7, 11) is 3.26. The highest BCUT2D eigenvalue weighted by molar-refractivity contribution is 6.31. The lowest BCUT2D eigenvalue weighted by Gasteiger charge is -2.37. The van der Waals surface area contributed by atoms with Gasteiger partial charge in [0, 0.05) is 23.8 Å². The van der Waals surface area contributed by atoms with Crippen LogP contribution in [0.2, 0.25) is 5.02 Å². The minimum absolute atomic E-state index is 0.211. The molecule has 8 heteroatoms. The van der Waals surface area contributed by atoms with E-state index in [1.165, 1.54) is 12.1 Å². The maximum atomic E-state index is 15.4. The van der Waals surface area contributed by atoms with Crippen molar-refractivity contribution in [2.45, 2.75) is 25.7 Å². The van der Waals surface area contributed by atoms with Crippen LogP contribution in [0.5, 0.6) is 17.2 Å². The van der Waals surface area contributed by atoms with Gasteiger partial charge in [0.25, 0.3) is 5.91 Å². The van der Waals surface area contributed by atoms with Gasteiger partial charge in [0.05, 0.1) is 25.3 Å². The molecule has 4 aromatic rings. The molecule has 0 spiro atoms. The topological polar surface area (TPSA) is 60.0 Å². The number of ether oxygens (including phenoxy) is 3. The van der Waals surface area contributed by atoms with E-state index < -0.39 is 11.5 Å². The van der Waals surface area contributed by atoms with E-state index in [0.717, 1.165) is 28.3 Å². The molecular formula is C31H28ClFN2O4.